The Labute approximate surface area is 67.7 Å². The number of phenolic OH excluding ortho intramolecular Hbond substituents is 1. The summed E-state index contributed by atoms with van der Waals surface area (Å²) in [5.41, 5.74) is 2.07. The van der Waals surface area contributed by atoms with Crippen LogP contribution in [0.2, 0.25) is 0 Å². The van der Waals surface area contributed by atoms with E-state index in [1.54, 1.807) is 12.1 Å². The molecule has 0 fully saturated rings. The fourth-order valence-corrected chi connectivity index (χ4v) is 1.03. The van der Waals surface area contributed by atoms with Crippen LogP contribution >= 0.6 is 0 Å². The maximum Gasteiger partial charge on any atom is 0.00873 e. The molecule has 12 heavy (non-hydrogen) atoms. The fourth-order valence-electron chi connectivity index (χ4n) is 1.03. The summed E-state index contributed by atoms with van der Waals surface area (Å²) in [6.45, 7) is 6.11. The molecule has 0 spiro atoms. The third-order valence-corrected chi connectivity index (χ3v) is 1.63. The topological polar surface area (TPSA) is 20.2 Å². The first-order valence-corrected chi connectivity index (χ1v) is 3.82. The summed E-state index contributed by atoms with van der Waals surface area (Å²) in [6.07, 6.45) is 0. The monoisotopic (exact) mass is 392 g/mol. The van der Waals surface area contributed by atoms with Crippen molar-refractivity contribution in [3.8, 4) is 5.75 Å². The van der Waals surface area contributed by atoms with Crippen LogP contribution in [0.5, 0.6) is 5.75 Å². The Morgan fingerprint density at radius 1 is 1.33 bits per heavy atom. The predicted octanol–water partition coefficient (Wildman–Crippen LogP) is 2.62. The zero-order chi connectivity index (χ0) is 8.43. The van der Waals surface area contributed by atoms with Crippen molar-refractivity contribution in [2.24, 2.45) is 0 Å². The van der Waals surface area contributed by atoms with Crippen molar-refractivity contribution in [2.45, 2.75) is 26.7 Å². The van der Waals surface area contributed by atoms with Crippen molar-refractivity contribution in [3.05, 3.63) is 29.3 Å². The summed E-state index contributed by atoms with van der Waals surface area (Å²) in [7, 11) is 0. The molecule has 2 heteroatoms. The van der Waals surface area contributed by atoms with Crippen LogP contribution in [0.15, 0.2) is 12.1 Å². The van der Waals surface area contributed by atoms with E-state index < -0.39 is 0 Å². The Hall–Kier alpha value is -1.98. The van der Waals surface area contributed by atoms with Gasteiger partial charge in [-0.25, -0.2) is 0 Å². The van der Waals surface area contributed by atoms with Gasteiger partial charge in [-0.3, -0.25) is 0 Å². The summed E-state index contributed by atoms with van der Waals surface area (Å²) in [4.78, 5) is 0. The van der Waals surface area contributed by atoms with E-state index in [4.69, 9.17) is 0 Å². The molecule has 1 nitrogen and oxygen atoms in total. The Morgan fingerprint density at radius 3 is 2.33 bits per heavy atom. The van der Waals surface area contributed by atoms with Crippen LogP contribution in [0.4, 0.5) is 0 Å². The zero-order valence-electron chi connectivity index (χ0n) is 7.53. The molecular weight excluding hydrogens is 383 g/mol. The number of benzene rings is 1. The van der Waals surface area contributed by atoms with E-state index in [0.717, 1.165) is 11.1 Å². The van der Waals surface area contributed by atoms with Gasteiger partial charge in [0, 0.05) is 5.75 Å². The normalized spacial score (nSPS) is 9.67. The van der Waals surface area contributed by atoms with Crippen molar-refractivity contribution < 1.29 is 5.11 Å². The molecule has 1 N–H and O–H groups in total. The van der Waals surface area contributed by atoms with Crippen LogP contribution in [0.3, 0.4) is 0 Å². The van der Waals surface area contributed by atoms with Crippen LogP contribution < -0.4 is 0 Å². The minimum atomic E-state index is 0. The number of aryl methyl sites for hydroxylation is 1. The molecule has 0 aromatic heterocycles. The van der Waals surface area contributed by atoms with Gasteiger partial charge in [0.1, 0.15) is 0 Å². The third-order valence-electron chi connectivity index (χ3n) is 1.63. The SMILES string of the molecule is Cc1[c-]c(C(C)C)cc(O)c1.[Cm]. The van der Waals surface area contributed by atoms with Crippen molar-refractivity contribution >= 4 is 0 Å². The molecule has 0 bridgehead atoms. The van der Waals surface area contributed by atoms with Crippen molar-refractivity contribution in [1.82, 2.24) is 0 Å². The van der Waals surface area contributed by atoms with Crippen LogP contribution in [-0.4, -0.2) is 5.11 Å². The second kappa shape index (κ2) is 3.42. The average Bonchev–Trinajstić information content (AvgIpc) is 1.85. The first-order chi connectivity index (χ1) is 5.09. The Kier molecular flexibility index (Phi) is 2.86. The van der Waals surface area contributed by atoms with Crippen LogP contribution in [0.1, 0.15) is 30.9 Å². The van der Waals surface area contributed by atoms with Gasteiger partial charge in [-0.05, 0) is 5.92 Å². The minimum Gasteiger partial charge on any atom is -0.533 e. The van der Waals surface area contributed by atoms with E-state index in [-0.39, 0.29) is 0 Å². The number of aromatic hydroxyl groups is 1. The predicted molar refractivity (Wildman–Crippen MR) is 45.8 cm³/mol. The molecule has 0 radical (unpaired) electrons. The number of hydrogen-bond donors (Lipinski definition) is 1. The summed E-state index contributed by atoms with van der Waals surface area (Å²) in [6, 6.07) is 6.66. The van der Waals surface area contributed by atoms with Crippen molar-refractivity contribution in [2.75, 3.05) is 0 Å². The molecule has 68 valence electrons. The minimum absolute atomic E-state index is 0. The van der Waals surface area contributed by atoms with Gasteiger partial charge < -0.3 is 5.11 Å². The molecule has 0 aliphatic heterocycles. The smallest absolute Gasteiger partial charge is 0.00873 e. The molecule has 0 aliphatic rings. The molecule has 0 amide bonds. The molecule has 0 saturated heterocycles. The largest absolute Gasteiger partial charge is 0.533 e. The van der Waals surface area contributed by atoms with Gasteiger partial charge >= 0.3 is 0 Å². The van der Waals surface area contributed by atoms with Gasteiger partial charge in [0.2, 0.25) is 0 Å². The van der Waals surface area contributed by atoms with Crippen molar-refractivity contribution in [1.29, 1.82) is 0 Å². The van der Waals surface area contributed by atoms with E-state index in [9.17, 15) is 5.11 Å². The third kappa shape index (κ3) is 2.01. The van der Waals surface area contributed by atoms with Crippen LogP contribution in [0.25, 0.3) is 0 Å². The van der Waals surface area contributed by atoms with E-state index in [1.165, 1.54) is 0 Å². The Bertz CT molecular complexity index is 236. The van der Waals surface area contributed by atoms with Gasteiger partial charge in [0.15, 0.2) is 0 Å². The maximum atomic E-state index is 9.22. The van der Waals surface area contributed by atoms with Crippen LogP contribution in [0, 0.1) is 13.0 Å². The summed E-state index contributed by atoms with van der Waals surface area (Å²) in [5, 5.41) is 9.22. The first kappa shape index (κ1) is 10.0. The van der Waals surface area contributed by atoms with Crippen molar-refractivity contribution in [3.63, 3.8) is 0 Å². The zero-order valence-corrected chi connectivity index (χ0v) is 10.5. The molecule has 0 heterocycles. The molecule has 1 aromatic rings. The molecule has 0 atom stereocenters. The maximum absolute atomic E-state index is 9.22. The number of hydrogen-bond acceptors (Lipinski definition) is 1. The quantitative estimate of drug-likeness (QED) is 0.724. The molecule has 1 aromatic carbocycles. The van der Waals surface area contributed by atoms with E-state index >= 15 is 0 Å². The van der Waals surface area contributed by atoms with E-state index in [0.29, 0.717) is 11.7 Å². The Morgan fingerprint density at radius 2 is 1.92 bits per heavy atom. The fraction of sp³-hybridized carbons (Fsp3) is 0.400. The van der Waals surface area contributed by atoms with Gasteiger partial charge in [0.25, 0.3) is 0 Å². The van der Waals surface area contributed by atoms with E-state index in [1.807, 2.05) is 6.92 Å². The molecule has 1 rings (SSSR count). The summed E-state index contributed by atoms with van der Waals surface area (Å²) >= 11 is 0. The number of phenols is 1. The second-order valence-electron chi connectivity index (χ2n) is 3.13. The first-order valence-electron chi connectivity index (χ1n) is 3.82. The van der Waals surface area contributed by atoms with Gasteiger partial charge in [-0.1, -0.05) is 20.8 Å². The van der Waals surface area contributed by atoms with Crippen LogP contribution in [-0.2, 0) is 0 Å². The molecule has 0 saturated carbocycles. The van der Waals surface area contributed by atoms with E-state index in [2.05, 4.69) is 19.9 Å². The van der Waals surface area contributed by atoms with Gasteiger partial charge in [-0.15, -0.1) is 12.1 Å². The Balaban J connectivity index is 0.00000121. The molecule has 0 aliphatic carbocycles. The van der Waals surface area contributed by atoms with Gasteiger partial charge in [-0.2, -0.15) is 17.2 Å². The average molecular weight is 396 g/mol. The second-order valence-corrected chi connectivity index (χ2v) is 3.13. The molecular formula is C10H13CmO-. The molecule has 0 unspecified atom stereocenters. The summed E-state index contributed by atoms with van der Waals surface area (Å²) in [5.74, 6) is 0.769. The number of rotatable bonds is 1. The standard InChI is InChI=1S/C10H13O.Cm/c1-7(2)9-4-8(3)5-10(11)6-9;/h5-7,11H,1-3H3;/q-1;. The van der Waals surface area contributed by atoms with Gasteiger partial charge in [0.05, 0.1) is 0 Å². The summed E-state index contributed by atoms with van der Waals surface area (Å²) < 4.78 is 0.